The molecule has 11 heavy (non-hydrogen) atoms. The third kappa shape index (κ3) is 1.32. The Kier molecular flexibility index (Phi) is 1.84. The van der Waals surface area contributed by atoms with Crippen molar-refractivity contribution in [1.82, 2.24) is 10.4 Å². The molecule has 0 aromatic carbocycles. The topological polar surface area (TPSA) is 15.3 Å². The molecule has 1 fully saturated rings. The normalized spacial score (nSPS) is 29.2. The molecule has 1 aliphatic rings. The van der Waals surface area contributed by atoms with E-state index < -0.39 is 24.9 Å². The number of nitrogens with zero attached hydrogens (tertiary/aromatic N) is 1. The number of hydrogen-bond acceptors (Lipinski definition) is 2. The molecule has 1 N–H and O–H groups in total. The van der Waals surface area contributed by atoms with Gasteiger partial charge in [-0.15, -0.1) is 0 Å². The second-order valence-electron chi connectivity index (χ2n) is 2.49. The predicted molar refractivity (Wildman–Crippen MR) is 30.5 cm³/mol. The van der Waals surface area contributed by atoms with Gasteiger partial charge in [0.2, 0.25) is 0 Å². The molecule has 0 bridgehead atoms. The van der Waals surface area contributed by atoms with Crippen molar-refractivity contribution in [1.29, 1.82) is 0 Å². The monoisotopic (exact) mass is 172 g/mol. The van der Waals surface area contributed by atoms with Gasteiger partial charge in [-0.2, -0.15) is 17.6 Å². The van der Waals surface area contributed by atoms with Crippen LogP contribution in [0.1, 0.15) is 0 Å². The fourth-order valence-electron chi connectivity index (χ4n) is 0.925. The van der Waals surface area contributed by atoms with Crippen LogP contribution in [0.25, 0.3) is 0 Å². The minimum atomic E-state index is -3.91. The van der Waals surface area contributed by atoms with E-state index in [1.807, 2.05) is 0 Å². The maximum Gasteiger partial charge on any atom is 0.325 e. The molecule has 2 nitrogen and oxygen atoms in total. The zero-order valence-electron chi connectivity index (χ0n) is 5.87. The average Bonchev–Trinajstić information content (AvgIpc) is 2.03. The molecule has 0 unspecified atom stereocenters. The lowest BCUT2D eigenvalue weighted by molar-refractivity contribution is -0.172. The summed E-state index contributed by atoms with van der Waals surface area (Å²) in [7, 11) is 1.33. The predicted octanol–water partition coefficient (Wildman–Crippen LogP) is 0.707. The van der Waals surface area contributed by atoms with Crippen molar-refractivity contribution in [3.05, 3.63) is 0 Å². The summed E-state index contributed by atoms with van der Waals surface area (Å²) in [4.78, 5) is 0. The van der Waals surface area contributed by atoms with Gasteiger partial charge in [0.15, 0.2) is 0 Å². The third-order valence-electron chi connectivity index (χ3n) is 1.63. The largest absolute Gasteiger partial charge is 0.325 e. The summed E-state index contributed by atoms with van der Waals surface area (Å²) < 4.78 is 49.3. The lowest BCUT2D eigenvalue weighted by Crippen LogP contribution is -2.38. The summed E-state index contributed by atoms with van der Waals surface area (Å²) >= 11 is 0. The van der Waals surface area contributed by atoms with Gasteiger partial charge in [-0.1, -0.05) is 0 Å². The van der Waals surface area contributed by atoms with Crippen LogP contribution in [-0.2, 0) is 0 Å². The second kappa shape index (κ2) is 2.31. The highest BCUT2D eigenvalue weighted by atomic mass is 19.3. The number of hydrazine groups is 1. The standard InChI is InChI=1S/C5H8F4N2/c1-10-11-2-4(6,7)5(8,9)3-11/h10H,2-3H2,1H3. The van der Waals surface area contributed by atoms with Crippen LogP contribution >= 0.6 is 0 Å². The Morgan fingerprint density at radius 2 is 1.45 bits per heavy atom. The van der Waals surface area contributed by atoms with E-state index in [0.29, 0.717) is 0 Å². The van der Waals surface area contributed by atoms with Crippen molar-refractivity contribution in [2.24, 2.45) is 0 Å². The molecule has 0 amide bonds. The molecule has 1 heterocycles. The molecule has 0 atom stereocenters. The van der Waals surface area contributed by atoms with Crippen LogP contribution in [0, 0.1) is 0 Å². The molecule has 0 aliphatic carbocycles. The van der Waals surface area contributed by atoms with Gasteiger partial charge in [0.05, 0.1) is 13.1 Å². The first-order chi connectivity index (χ1) is 4.89. The molecule has 66 valence electrons. The first kappa shape index (κ1) is 8.73. The summed E-state index contributed by atoms with van der Waals surface area (Å²) in [6, 6.07) is 0. The van der Waals surface area contributed by atoms with E-state index >= 15 is 0 Å². The molecular formula is C5H8F4N2. The van der Waals surface area contributed by atoms with Crippen LogP contribution in [0.4, 0.5) is 17.6 Å². The molecular weight excluding hydrogens is 164 g/mol. The summed E-state index contributed by atoms with van der Waals surface area (Å²) in [5.41, 5.74) is 2.25. The van der Waals surface area contributed by atoms with Crippen molar-refractivity contribution in [2.45, 2.75) is 11.8 Å². The van der Waals surface area contributed by atoms with Gasteiger partial charge < -0.3 is 0 Å². The highest BCUT2D eigenvalue weighted by Gasteiger charge is 2.62. The first-order valence-electron chi connectivity index (χ1n) is 3.07. The van der Waals surface area contributed by atoms with E-state index in [1.54, 1.807) is 0 Å². The van der Waals surface area contributed by atoms with Crippen LogP contribution in [0.2, 0.25) is 0 Å². The second-order valence-corrected chi connectivity index (χ2v) is 2.49. The minimum absolute atomic E-state index is 0.792. The Morgan fingerprint density at radius 1 is 1.09 bits per heavy atom. The summed E-state index contributed by atoms with van der Waals surface area (Å²) in [6.07, 6.45) is 0. The van der Waals surface area contributed by atoms with Gasteiger partial charge in [0, 0.05) is 0 Å². The highest BCUT2D eigenvalue weighted by molar-refractivity contribution is 4.95. The maximum atomic E-state index is 12.3. The number of halogens is 4. The quantitative estimate of drug-likeness (QED) is 0.586. The number of hydrogen-bond donors (Lipinski definition) is 1. The summed E-state index contributed by atoms with van der Waals surface area (Å²) in [5, 5.41) is 0.792. The number of alkyl halides is 4. The maximum absolute atomic E-state index is 12.3. The van der Waals surface area contributed by atoms with Crippen LogP contribution in [0.5, 0.6) is 0 Å². The Bertz CT molecular complexity index is 143. The van der Waals surface area contributed by atoms with Gasteiger partial charge in [0.25, 0.3) is 0 Å². The number of nitrogens with one attached hydrogen (secondary N) is 1. The third-order valence-corrected chi connectivity index (χ3v) is 1.63. The van der Waals surface area contributed by atoms with Gasteiger partial charge in [-0.25, -0.2) is 5.01 Å². The Hall–Kier alpha value is -0.360. The fourth-order valence-corrected chi connectivity index (χ4v) is 0.925. The van der Waals surface area contributed by atoms with Crippen molar-refractivity contribution in [3.63, 3.8) is 0 Å². The van der Waals surface area contributed by atoms with Crippen LogP contribution in [-0.4, -0.2) is 37.0 Å². The lowest BCUT2D eigenvalue weighted by atomic mass is 10.2. The summed E-state index contributed by atoms with van der Waals surface area (Å²) in [6.45, 7) is -1.87. The van der Waals surface area contributed by atoms with Crippen molar-refractivity contribution >= 4 is 0 Å². The van der Waals surface area contributed by atoms with Crippen LogP contribution in [0.3, 0.4) is 0 Å². The van der Waals surface area contributed by atoms with Gasteiger partial charge >= 0.3 is 11.8 Å². The SMILES string of the molecule is CNN1CC(F)(F)C(F)(F)C1. The van der Waals surface area contributed by atoms with Gasteiger partial charge in [-0.3, -0.25) is 5.43 Å². The smallest absolute Gasteiger partial charge is 0.258 e. The van der Waals surface area contributed by atoms with E-state index in [4.69, 9.17) is 0 Å². The zero-order chi connectivity index (χ0) is 8.70. The first-order valence-corrected chi connectivity index (χ1v) is 3.07. The van der Waals surface area contributed by atoms with Crippen molar-refractivity contribution in [3.8, 4) is 0 Å². The van der Waals surface area contributed by atoms with E-state index in [2.05, 4.69) is 5.43 Å². The van der Waals surface area contributed by atoms with Crippen LogP contribution < -0.4 is 5.43 Å². The number of rotatable bonds is 1. The summed E-state index contributed by atoms with van der Waals surface area (Å²) in [5.74, 6) is -7.81. The average molecular weight is 172 g/mol. The van der Waals surface area contributed by atoms with E-state index in [9.17, 15) is 17.6 Å². The Balaban J connectivity index is 2.72. The van der Waals surface area contributed by atoms with Crippen molar-refractivity contribution in [2.75, 3.05) is 20.1 Å². The zero-order valence-corrected chi connectivity index (χ0v) is 5.87. The molecule has 1 saturated heterocycles. The van der Waals surface area contributed by atoms with Gasteiger partial charge in [-0.05, 0) is 7.05 Å². The van der Waals surface area contributed by atoms with E-state index in [0.717, 1.165) is 5.01 Å². The highest BCUT2D eigenvalue weighted by Crippen LogP contribution is 2.39. The molecule has 0 aromatic rings. The Morgan fingerprint density at radius 3 is 1.64 bits per heavy atom. The van der Waals surface area contributed by atoms with Crippen molar-refractivity contribution < 1.29 is 17.6 Å². The Labute approximate surface area is 61.1 Å². The fraction of sp³-hybridized carbons (Fsp3) is 1.00. The van der Waals surface area contributed by atoms with E-state index in [-0.39, 0.29) is 0 Å². The molecule has 1 aliphatic heterocycles. The molecule has 0 aromatic heterocycles. The molecule has 1 rings (SSSR count). The molecule has 0 radical (unpaired) electrons. The van der Waals surface area contributed by atoms with Crippen LogP contribution in [0.15, 0.2) is 0 Å². The van der Waals surface area contributed by atoms with E-state index in [1.165, 1.54) is 7.05 Å². The van der Waals surface area contributed by atoms with Gasteiger partial charge in [0.1, 0.15) is 0 Å². The molecule has 6 heteroatoms. The lowest BCUT2D eigenvalue weighted by Gasteiger charge is -2.15. The minimum Gasteiger partial charge on any atom is -0.258 e. The molecule has 0 spiro atoms. The molecule has 0 saturated carbocycles.